The van der Waals surface area contributed by atoms with E-state index in [0.29, 0.717) is 16.0 Å². The number of hydrogen-bond donors (Lipinski definition) is 1. The van der Waals surface area contributed by atoms with Crippen LogP contribution in [0.2, 0.25) is 0 Å². The molecular formula is C28H32N4O7. The Morgan fingerprint density at radius 2 is 1.56 bits per heavy atom. The second-order valence-corrected chi connectivity index (χ2v) is 10.5. The van der Waals surface area contributed by atoms with E-state index in [4.69, 9.17) is 14.2 Å². The number of ether oxygens (including phenoxy) is 3. The predicted octanol–water partition coefficient (Wildman–Crippen LogP) is 4.36. The van der Waals surface area contributed by atoms with Gasteiger partial charge in [0.1, 0.15) is 17.7 Å². The van der Waals surface area contributed by atoms with Crippen molar-refractivity contribution >= 4 is 35.1 Å². The average molecular weight is 537 g/mol. The van der Waals surface area contributed by atoms with E-state index in [1.807, 2.05) is 30.3 Å². The lowest BCUT2D eigenvalue weighted by Gasteiger charge is -2.27. The number of amides is 2. The van der Waals surface area contributed by atoms with E-state index in [1.165, 1.54) is 10.8 Å². The van der Waals surface area contributed by atoms with Crippen LogP contribution in [0.4, 0.5) is 15.5 Å². The molecule has 3 rings (SSSR count). The van der Waals surface area contributed by atoms with Gasteiger partial charge in [0, 0.05) is 11.8 Å². The van der Waals surface area contributed by atoms with E-state index < -0.39 is 40.9 Å². The summed E-state index contributed by atoms with van der Waals surface area (Å²) in [5.41, 5.74) is -1.60. The summed E-state index contributed by atoms with van der Waals surface area (Å²) in [5.74, 6) is 4.91. The van der Waals surface area contributed by atoms with Gasteiger partial charge in [-0.1, -0.05) is 30.0 Å². The molecule has 0 atom stereocenters. The number of anilines is 1. The van der Waals surface area contributed by atoms with Crippen LogP contribution < -0.4 is 10.5 Å². The highest BCUT2D eigenvalue weighted by Crippen LogP contribution is 2.22. The number of carbonyl (C=O) groups excluding carboxylic acids is 3. The van der Waals surface area contributed by atoms with Crippen LogP contribution in [0, 0.1) is 11.8 Å². The maximum absolute atomic E-state index is 13.4. The van der Waals surface area contributed by atoms with E-state index in [1.54, 1.807) is 48.5 Å². The number of benzene rings is 1. The molecule has 39 heavy (non-hydrogen) atoms. The van der Waals surface area contributed by atoms with Crippen LogP contribution in [0.1, 0.15) is 59.6 Å². The normalized spacial score (nSPS) is 11.4. The first-order valence-corrected chi connectivity index (χ1v) is 12.3. The molecule has 0 spiro atoms. The summed E-state index contributed by atoms with van der Waals surface area (Å²) in [6, 6.07) is 9.14. The molecule has 1 aromatic carbocycles. The number of imide groups is 1. The van der Waals surface area contributed by atoms with Gasteiger partial charge in [0.05, 0.1) is 17.6 Å². The number of nitrogens with one attached hydrogen (secondary N) is 1. The van der Waals surface area contributed by atoms with E-state index in [-0.39, 0.29) is 24.2 Å². The number of fused-ring (bicyclic) bond motifs is 1. The van der Waals surface area contributed by atoms with Gasteiger partial charge in [-0.2, -0.15) is 4.98 Å². The first-order chi connectivity index (χ1) is 18.2. The van der Waals surface area contributed by atoms with Crippen molar-refractivity contribution in [3.63, 3.8) is 0 Å². The quantitative estimate of drug-likeness (QED) is 0.295. The van der Waals surface area contributed by atoms with Crippen LogP contribution in [-0.4, -0.2) is 50.5 Å². The summed E-state index contributed by atoms with van der Waals surface area (Å²) in [5, 5.41) is 0.0693. The number of aromatic amines is 1. The molecule has 0 bridgehead atoms. The van der Waals surface area contributed by atoms with Gasteiger partial charge in [-0.25, -0.2) is 9.59 Å². The molecular weight excluding hydrogens is 504 g/mol. The number of hydrogen-bond acceptors (Lipinski definition) is 8. The third kappa shape index (κ3) is 7.70. The summed E-state index contributed by atoms with van der Waals surface area (Å²) < 4.78 is 17.2. The topological polar surface area (TPSA) is 133 Å². The van der Waals surface area contributed by atoms with Crippen molar-refractivity contribution < 1.29 is 28.6 Å². The van der Waals surface area contributed by atoms with Crippen LogP contribution in [0.15, 0.2) is 41.3 Å². The number of nitrogens with zero attached hydrogens (tertiary/aromatic N) is 3. The Balaban J connectivity index is 2.21. The second-order valence-electron chi connectivity index (χ2n) is 10.5. The Bertz CT molecular complexity index is 1470. The summed E-state index contributed by atoms with van der Waals surface area (Å²) in [7, 11) is 0. The summed E-state index contributed by atoms with van der Waals surface area (Å²) in [4.78, 5) is 59.2. The first-order valence-electron chi connectivity index (χ1n) is 12.3. The van der Waals surface area contributed by atoms with E-state index in [9.17, 15) is 19.2 Å². The first kappa shape index (κ1) is 29.0. The molecule has 11 nitrogen and oxygen atoms in total. The van der Waals surface area contributed by atoms with Crippen LogP contribution in [0.25, 0.3) is 11.0 Å². The van der Waals surface area contributed by atoms with Gasteiger partial charge in [-0.3, -0.25) is 14.6 Å². The monoisotopic (exact) mass is 536 g/mol. The highest BCUT2D eigenvalue weighted by atomic mass is 16.6. The molecule has 0 radical (unpaired) electrons. The van der Waals surface area contributed by atoms with Crippen LogP contribution in [0.5, 0.6) is 0 Å². The fraction of sp³-hybridized carbons (Fsp3) is 0.393. The number of aromatic nitrogens is 3. The molecule has 0 saturated carbocycles. The van der Waals surface area contributed by atoms with Crippen molar-refractivity contribution in [2.75, 3.05) is 11.5 Å². The Morgan fingerprint density at radius 3 is 2.10 bits per heavy atom. The van der Waals surface area contributed by atoms with Crippen molar-refractivity contribution in [2.24, 2.45) is 0 Å². The maximum atomic E-state index is 13.4. The third-order valence-corrected chi connectivity index (χ3v) is 4.80. The molecule has 0 aliphatic carbocycles. The SMILES string of the molecule is CCOC(=O)Cn1cc(C#Cc2ccccc2)c2c(=O)[nH]c(N(C(=O)OC(C)(C)C)C(=O)OC(C)(C)C)nc21. The lowest BCUT2D eigenvalue weighted by Crippen LogP contribution is -2.45. The van der Waals surface area contributed by atoms with Crippen LogP contribution >= 0.6 is 0 Å². The molecule has 3 aromatic rings. The molecule has 1 N–H and O–H groups in total. The third-order valence-electron chi connectivity index (χ3n) is 4.80. The summed E-state index contributed by atoms with van der Waals surface area (Å²) in [6.45, 7) is 11.3. The van der Waals surface area contributed by atoms with Gasteiger partial charge in [0.15, 0.2) is 5.65 Å². The molecule has 0 unspecified atom stereocenters. The number of H-pyrrole nitrogens is 1. The zero-order valence-electron chi connectivity index (χ0n) is 23.1. The molecule has 0 aliphatic heterocycles. The van der Waals surface area contributed by atoms with Crippen LogP contribution in [-0.2, 0) is 25.5 Å². The summed E-state index contributed by atoms with van der Waals surface area (Å²) in [6.07, 6.45) is -0.715. The Labute approximate surface area is 226 Å². The Morgan fingerprint density at radius 1 is 0.974 bits per heavy atom. The van der Waals surface area contributed by atoms with Gasteiger partial charge in [-0.05, 0) is 60.6 Å². The van der Waals surface area contributed by atoms with Crippen LogP contribution in [0.3, 0.4) is 0 Å². The van der Waals surface area contributed by atoms with E-state index in [0.717, 1.165) is 0 Å². The lowest BCUT2D eigenvalue weighted by atomic mass is 10.2. The second kappa shape index (κ2) is 11.4. The van der Waals surface area contributed by atoms with Crippen molar-refractivity contribution in [1.82, 2.24) is 14.5 Å². The highest BCUT2D eigenvalue weighted by molar-refractivity contribution is 6.08. The van der Waals surface area contributed by atoms with Gasteiger partial charge >= 0.3 is 18.2 Å². The zero-order chi connectivity index (χ0) is 29.0. The fourth-order valence-corrected chi connectivity index (χ4v) is 3.37. The van der Waals surface area contributed by atoms with E-state index in [2.05, 4.69) is 21.8 Å². The zero-order valence-corrected chi connectivity index (χ0v) is 23.1. The largest absolute Gasteiger partial charge is 0.465 e. The summed E-state index contributed by atoms with van der Waals surface area (Å²) >= 11 is 0. The minimum Gasteiger partial charge on any atom is -0.465 e. The van der Waals surface area contributed by atoms with Crippen molar-refractivity contribution in [2.45, 2.75) is 66.2 Å². The molecule has 11 heteroatoms. The van der Waals surface area contributed by atoms with Gasteiger partial charge in [0.25, 0.3) is 5.56 Å². The van der Waals surface area contributed by atoms with Gasteiger partial charge < -0.3 is 18.8 Å². The molecule has 0 aliphatic rings. The molecule has 2 amide bonds. The minimum atomic E-state index is -1.10. The number of carbonyl (C=O) groups is 3. The average Bonchev–Trinajstić information content (AvgIpc) is 3.14. The predicted molar refractivity (Wildman–Crippen MR) is 144 cm³/mol. The maximum Gasteiger partial charge on any atom is 0.427 e. The Hall–Kier alpha value is -4.59. The molecule has 2 aromatic heterocycles. The van der Waals surface area contributed by atoms with Gasteiger partial charge in [-0.15, -0.1) is 4.90 Å². The lowest BCUT2D eigenvalue weighted by molar-refractivity contribution is -0.143. The van der Waals surface area contributed by atoms with Crippen molar-refractivity contribution in [1.29, 1.82) is 0 Å². The minimum absolute atomic E-state index is 0.0104. The molecule has 0 saturated heterocycles. The number of esters is 1. The van der Waals surface area contributed by atoms with Gasteiger partial charge in [0.2, 0.25) is 5.95 Å². The number of rotatable bonds is 4. The fourth-order valence-electron chi connectivity index (χ4n) is 3.37. The molecule has 2 heterocycles. The highest BCUT2D eigenvalue weighted by Gasteiger charge is 2.35. The van der Waals surface area contributed by atoms with Crippen molar-refractivity contribution in [3.05, 3.63) is 58.0 Å². The molecule has 0 fully saturated rings. The molecule has 206 valence electrons. The Kier molecular flexibility index (Phi) is 8.49. The van der Waals surface area contributed by atoms with Crippen molar-refractivity contribution in [3.8, 4) is 11.8 Å². The standard InChI is InChI=1S/C28H32N4O7/c1-8-37-20(33)17-31-16-19(15-14-18-12-10-9-11-13-18)21-22(31)29-24(30-23(21)34)32(25(35)38-27(2,3)4)26(36)39-28(5,6)7/h9-13,16H,8,17H2,1-7H3,(H,29,30,34). The van der Waals surface area contributed by atoms with E-state index >= 15 is 0 Å². The smallest absolute Gasteiger partial charge is 0.427 e.